The van der Waals surface area contributed by atoms with Crippen LogP contribution in [0.25, 0.3) is 33.3 Å². The fourth-order valence-corrected chi connectivity index (χ4v) is 3.50. The maximum Gasteiger partial charge on any atom is 0.129 e. The van der Waals surface area contributed by atoms with Gasteiger partial charge in [-0.15, -0.1) is 0 Å². The lowest BCUT2D eigenvalue weighted by atomic mass is 9.96. The van der Waals surface area contributed by atoms with Crippen LogP contribution in [0.5, 0.6) is 0 Å². The molecule has 0 saturated carbocycles. The zero-order valence-corrected chi connectivity index (χ0v) is 17.0. The van der Waals surface area contributed by atoms with Crippen LogP contribution in [-0.2, 0) is 12.8 Å². The average Bonchev–Trinajstić information content (AvgIpc) is 2.74. The molecule has 0 aliphatic carbocycles. The minimum atomic E-state index is -0.205. The number of rotatable bonds is 4. The molecule has 0 unspecified atom stereocenters. The summed E-state index contributed by atoms with van der Waals surface area (Å²) in [5, 5.41) is 1.07. The quantitative estimate of drug-likeness (QED) is 0.459. The van der Waals surface area contributed by atoms with E-state index in [1.807, 2.05) is 12.1 Å². The summed E-state index contributed by atoms with van der Waals surface area (Å²) in [6, 6.07) is 15.4. The molecule has 0 radical (unpaired) electrons. The second kappa shape index (κ2) is 8.45. The van der Waals surface area contributed by atoms with Gasteiger partial charge in [-0.05, 0) is 60.9 Å². The van der Waals surface area contributed by atoms with Gasteiger partial charge in [0.1, 0.15) is 11.6 Å². The lowest BCUT2D eigenvalue weighted by molar-refractivity contribution is 0.619. The lowest BCUT2D eigenvalue weighted by Crippen LogP contribution is -2.00. The molecule has 2 heterocycles. The van der Waals surface area contributed by atoms with E-state index >= 15 is 0 Å². The number of hydrogen-bond acceptors (Lipinski definition) is 4. The Morgan fingerprint density at radius 2 is 1.69 bits per heavy atom. The van der Waals surface area contributed by atoms with Crippen molar-refractivity contribution in [2.24, 2.45) is 0 Å². The van der Waals surface area contributed by atoms with Gasteiger partial charge in [0.05, 0.1) is 16.9 Å². The smallest absolute Gasteiger partial charge is 0.129 e. The van der Waals surface area contributed by atoms with E-state index in [0.717, 1.165) is 57.6 Å². The topological polar surface area (TPSA) is 73.7 Å². The molecule has 0 atom stereocenters. The van der Waals surface area contributed by atoms with Gasteiger partial charge in [0.2, 0.25) is 0 Å². The van der Waals surface area contributed by atoms with Gasteiger partial charge < -0.3 is 6.15 Å². The molecule has 0 amide bonds. The Kier molecular flexibility index (Phi) is 5.99. The highest BCUT2D eigenvalue weighted by atomic mass is 19.1. The van der Waals surface area contributed by atoms with E-state index in [4.69, 9.17) is 4.98 Å². The Hall–Kier alpha value is -3.18. The highest BCUT2D eigenvalue weighted by molar-refractivity contribution is 5.89. The number of nitrogens with zero attached hydrogens (tertiary/aromatic N) is 3. The van der Waals surface area contributed by atoms with Crippen LogP contribution in [-0.4, -0.2) is 15.0 Å². The number of aryl methyl sites for hydroxylation is 3. The first kappa shape index (κ1) is 20.6. The molecule has 4 rings (SSSR count). The molecule has 4 nitrogen and oxygen atoms in total. The molecule has 0 saturated heterocycles. The van der Waals surface area contributed by atoms with Crippen LogP contribution in [0.15, 0.2) is 54.7 Å². The van der Waals surface area contributed by atoms with Crippen molar-refractivity contribution < 1.29 is 4.39 Å². The summed E-state index contributed by atoms with van der Waals surface area (Å²) in [4.78, 5) is 14.0. The first-order valence-corrected chi connectivity index (χ1v) is 9.62. The third-order valence-electron chi connectivity index (χ3n) is 5.02. The van der Waals surface area contributed by atoms with Crippen molar-refractivity contribution in [3.8, 4) is 22.4 Å². The zero-order valence-electron chi connectivity index (χ0n) is 17.0. The van der Waals surface area contributed by atoms with Crippen LogP contribution in [0, 0.1) is 12.7 Å². The SMILES string of the molecule is CCc1nc(CC)c2cc(-c3cccnc3-c3ccc(F)c(C)c3)ccc2n1.N. The van der Waals surface area contributed by atoms with Gasteiger partial charge in [-0.25, -0.2) is 14.4 Å². The predicted octanol–water partition coefficient (Wildman–Crippen LogP) is 6.09. The van der Waals surface area contributed by atoms with Crippen LogP contribution in [0.1, 0.15) is 30.9 Å². The van der Waals surface area contributed by atoms with Gasteiger partial charge in [-0.1, -0.05) is 26.0 Å². The predicted molar refractivity (Wildman–Crippen MR) is 117 cm³/mol. The molecule has 0 bridgehead atoms. The summed E-state index contributed by atoms with van der Waals surface area (Å²) < 4.78 is 13.7. The molecule has 148 valence electrons. The maximum absolute atomic E-state index is 13.7. The van der Waals surface area contributed by atoms with Gasteiger partial charge in [-0.3, -0.25) is 4.98 Å². The number of benzene rings is 2. The number of hydrogen-bond donors (Lipinski definition) is 1. The molecule has 0 aliphatic rings. The van der Waals surface area contributed by atoms with E-state index < -0.39 is 0 Å². The van der Waals surface area contributed by atoms with Gasteiger partial charge in [0.15, 0.2) is 0 Å². The third kappa shape index (κ3) is 3.87. The summed E-state index contributed by atoms with van der Waals surface area (Å²) in [6.07, 6.45) is 3.45. The highest BCUT2D eigenvalue weighted by Crippen LogP contribution is 2.33. The maximum atomic E-state index is 13.7. The van der Waals surface area contributed by atoms with E-state index in [1.165, 1.54) is 6.07 Å². The van der Waals surface area contributed by atoms with Crippen LogP contribution in [0.2, 0.25) is 0 Å². The van der Waals surface area contributed by atoms with Gasteiger partial charge in [0, 0.05) is 29.1 Å². The molecular formula is C24H25FN4. The first-order chi connectivity index (χ1) is 13.6. The Morgan fingerprint density at radius 3 is 2.41 bits per heavy atom. The molecule has 0 aliphatic heterocycles. The second-order valence-corrected chi connectivity index (χ2v) is 6.89. The summed E-state index contributed by atoms with van der Waals surface area (Å²) in [5.74, 6) is 0.671. The number of fused-ring (bicyclic) bond motifs is 1. The Morgan fingerprint density at radius 1 is 0.897 bits per heavy atom. The Balaban J connectivity index is 0.00000240. The third-order valence-corrected chi connectivity index (χ3v) is 5.02. The first-order valence-electron chi connectivity index (χ1n) is 9.62. The Bertz CT molecular complexity index is 1170. The molecule has 29 heavy (non-hydrogen) atoms. The zero-order chi connectivity index (χ0) is 19.7. The molecule has 0 fully saturated rings. The fourth-order valence-electron chi connectivity index (χ4n) is 3.50. The summed E-state index contributed by atoms with van der Waals surface area (Å²) in [5.41, 5.74) is 6.46. The van der Waals surface area contributed by atoms with E-state index in [-0.39, 0.29) is 12.0 Å². The fraction of sp³-hybridized carbons (Fsp3) is 0.208. The van der Waals surface area contributed by atoms with Gasteiger partial charge >= 0.3 is 0 Å². The highest BCUT2D eigenvalue weighted by Gasteiger charge is 2.13. The van der Waals surface area contributed by atoms with E-state index in [0.29, 0.717) is 5.56 Å². The van der Waals surface area contributed by atoms with Crippen molar-refractivity contribution in [3.05, 3.63) is 77.6 Å². The number of pyridine rings is 1. The second-order valence-electron chi connectivity index (χ2n) is 6.89. The minimum Gasteiger partial charge on any atom is -0.344 e. The molecule has 3 N–H and O–H groups in total. The lowest BCUT2D eigenvalue weighted by Gasteiger charge is -2.12. The van der Waals surface area contributed by atoms with Crippen LogP contribution >= 0.6 is 0 Å². The van der Waals surface area contributed by atoms with Crippen molar-refractivity contribution in [2.45, 2.75) is 33.6 Å². The van der Waals surface area contributed by atoms with Gasteiger partial charge in [-0.2, -0.15) is 0 Å². The average molecular weight is 388 g/mol. The van der Waals surface area contributed by atoms with Crippen molar-refractivity contribution in [3.63, 3.8) is 0 Å². The molecule has 0 spiro atoms. The molecule has 4 aromatic rings. The Labute approximate surface area is 170 Å². The van der Waals surface area contributed by atoms with Crippen LogP contribution in [0.3, 0.4) is 0 Å². The summed E-state index contributed by atoms with van der Waals surface area (Å²) >= 11 is 0. The minimum absolute atomic E-state index is 0. The number of aromatic nitrogens is 3. The van der Waals surface area contributed by atoms with Crippen molar-refractivity contribution in [1.82, 2.24) is 21.1 Å². The normalized spacial score (nSPS) is 10.8. The van der Waals surface area contributed by atoms with Crippen molar-refractivity contribution in [2.75, 3.05) is 0 Å². The van der Waals surface area contributed by atoms with Crippen LogP contribution in [0.4, 0.5) is 4.39 Å². The van der Waals surface area contributed by atoms with Gasteiger partial charge in [0.25, 0.3) is 0 Å². The summed E-state index contributed by atoms with van der Waals surface area (Å²) in [6.45, 7) is 5.96. The van der Waals surface area contributed by atoms with E-state index in [9.17, 15) is 4.39 Å². The number of halogens is 1. The monoisotopic (exact) mass is 388 g/mol. The molecular weight excluding hydrogens is 363 g/mol. The molecule has 2 aromatic carbocycles. The standard InChI is InChI=1S/C24H22FN3.H3N/c1-4-21-19-14-16(9-11-22(19)28-23(5-2)27-21)18-7-6-12-26-24(18)17-8-10-20(25)15(3)13-17;/h6-14H,4-5H2,1-3H3;1H3. The largest absolute Gasteiger partial charge is 0.344 e. The van der Waals surface area contributed by atoms with E-state index in [2.05, 4.69) is 48.1 Å². The molecule has 5 heteroatoms. The van der Waals surface area contributed by atoms with Crippen LogP contribution < -0.4 is 6.15 Å². The van der Waals surface area contributed by atoms with E-state index in [1.54, 1.807) is 19.2 Å². The van der Waals surface area contributed by atoms with Crippen molar-refractivity contribution in [1.29, 1.82) is 0 Å². The molecule has 2 aromatic heterocycles. The summed E-state index contributed by atoms with van der Waals surface area (Å²) in [7, 11) is 0. The van der Waals surface area contributed by atoms with Crippen molar-refractivity contribution >= 4 is 10.9 Å².